The summed E-state index contributed by atoms with van der Waals surface area (Å²) in [5.41, 5.74) is 1.47. The van der Waals surface area contributed by atoms with Crippen molar-refractivity contribution in [2.45, 2.75) is 0 Å². The summed E-state index contributed by atoms with van der Waals surface area (Å²) < 4.78 is 19.3. The molecule has 0 atom stereocenters. The monoisotopic (exact) mass is 397 g/mol. The molecule has 144 valence electrons. The fourth-order valence-corrected chi connectivity index (χ4v) is 4.26. The molecular formula is C21H20FN3O2S. The first-order valence-corrected chi connectivity index (χ1v) is 9.87. The number of amidine groups is 1. The van der Waals surface area contributed by atoms with E-state index < -0.39 is 0 Å². The first kappa shape index (κ1) is 18.6. The Hall–Kier alpha value is -2.80. The zero-order chi connectivity index (χ0) is 19.5. The lowest BCUT2D eigenvalue weighted by Gasteiger charge is -2.36. The number of halogens is 1. The molecule has 0 spiro atoms. The van der Waals surface area contributed by atoms with Gasteiger partial charge in [0.25, 0.3) is 5.91 Å². The molecule has 0 unspecified atom stereocenters. The fraction of sp³-hybridized carbons (Fsp3) is 0.238. The van der Waals surface area contributed by atoms with Crippen LogP contribution in [0.5, 0.6) is 5.75 Å². The summed E-state index contributed by atoms with van der Waals surface area (Å²) in [6.07, 6.45) is 1.82. The largest absolute Gasteiger partial charge is 0.496 e. The summed E-state index contributed by atoms with van der Waals surface area (Å²) >= 11 is 1.38. The maximum absolute atomic E-state index is 14.0. The van der Waals surface area contributed by atoms with Gasteiger partial charge >= 0.3 is 0 Å². The lowest BCUT2D eigenvalue weighted by atomic mass is 10.2. The molecule has 28 heavy (non-hydrogen) atoms. The number of nitrogens with zero attached hydrogens (tertiary/aromatic N) is 3. The third-order valence-electron chi connectivity index (χ3n) is 4.78. The molecule has 7 heteroatoms. The van der Waals surface area contributed by atoms with Crippen molar-refractivity contribution in [1.82, 2.24) is 4.90 Å². The van der Waals surface area contributed by atoms with Gasteiger partial charge in [-0.2, -0.15) is 4.99 Å². The van der Waals surface area contributed by atoms with Crippen LogP contribution in [-0.2, 0) is 4.79 Å². The molecule has 0 N–H and O–H groups in total. The second-order valence-corrected chi connectivity index (χ2v) is 7.49. The molecule has 5 nitrogen and oxygen atoms in total. The van der Waals surface area contributed by atoms with Crippen LogP contribution in [0.25, 0.3) is 6.08 Å². The molecule has 2 heterocycles. The molecule has 2 aliphatic rings. The number of benzene rings is 2. The van der Waals surface area contributed by atoms with Gasteiger partial charge in [-0.05, 0) is 36.0 Å². The smallest absolute Gasteiger partial charge is 0.286 e. The van der Waals surface area contributed by atoms with Crippen LogP contribution in [0.3, 0.4) is 0 Å². The SMILES string of the molecule is COc1ccccc1C=C1SC(N2CCN(c3ccccc3F)CC2)=NC1=O. The molecule has 2 aromatic carbocycles. The van der Waals surface area contributed by atoms with Crippen molar-refractivity contribution in [3.05, 3.63) is 64.8 Å². The summed E-state index contributed by atoms with van der Waals surface area (Å²) in [6.45, 7) is 2.74. The van der Waals surface area contributed by atoms with E-state index in [-0.39, 0.29) is 11.7 Å². The molecular weight excluding hydrogens is 377 g/mol. The Morgan fingerprint density at radius 3 is 2.46 bits per heavy atom. The van der Waals surface area contributed by atoms with Gasteiger partial charge in [0.1, 0.15) is 11.6 Å². The number of ether oxygens (including phenoxy) is 1. The zero-order valence-corrected chi connectivity index (χ0v) is 16.3. The molecule has 0 saturated carbocycles. The van der Waals surface area contributed by atoms with Crippen molar-refractivity contribution >= 4 is 34.6 Å². The van der Waals surface area contributed by atoms with Crippen LogP contribution in [0, 0.1) is 5.82 Å². The van der Waals surface area contributed by atoms with Crippen molar-refractivity contribution in [3.63, 3.8) is 0 Å². The van der Waals surface area contributed by atoms with Crippen LogP contribution in [-0.4, -0.2) is 49.3 Å². The van der Waals surface area contributed by atoms with Gasteiger partial charge < -0.3 is 14.5 Å². The Morgan fingerprint density at radius 2 is 1.71 bits per heavy atom. The predicted octanol–water partition coefficient (Wildman–Crippen LogP) is 3.63. The molecule has 0 aromatic heterocycles. The molecule has 2 aliphatic heterocycles. The number of rotatable bonds is 3. The third-order valence-corrected chi connectivity index (χ3v) is 5.82. The number of amides is 1. The Bertz CT molecular complexity index is 952. The number of hydrogen-bond donors (Lipinski definition) is 0. The van der Waals surface area contributed by atoms with Crippen molar-refractivity contribution in [3.8, 4) is 5.75 Å². The Labute approximate surface area is 167 Å². The number of piperazine rings is 1. The highest BCUT2D eigenvalue weighted by Crippen LogP contribution is 2.33. The minimum absolute atomic E-state index is 0.208. The number of aliphatic imine (C=N–C) groups is 1. The van der Waals surface area contributed by atoms with Gasteiger partial charge in [0.05, 0.1) is 17.7 Å². The minimum Gasteiger partial charge on any atom is -0.496 e. The normalized spacial score (nSPS) is 18.6. The van der Waals surface area contributed by atoms with Crippen molar-refractivity contribution in [1.29, 1.82) is 0 Å². The standard InChI is InChI=1S/C21H20FN3O2S/c1-27-18-9-5-2-6-15(18)14-19-20(26)23-21(28-19)25-12-10-24(11-13-25)17-8-4-3-7-16(17)22/h2-9,14H,10-13H2,1H3. The van der Waals surface area contributed by atoms with Crippen LogP contribution < -0.4 is 9.64 Å². The van der Waals surface area contributed by atoms with E-state index in [1.165, 1.54) is 17.8 Å². The average molecular weight is 397 g/mol. The average Bonchev–Trinajstić information content (AvgIpc) is 3.09. The van der Waals surface area contributed by atoms with Gasteiger partial charge in [0.15, 0.2) is 5.17 Å². The lowest BCUT2D eigenvalue weighted by Crippen LogP contribution is -2.48. The molecule has 1 amide bonds. The van der Waals surface area contributed by atoms with E-state index in [2.05, 4.69) is 9.89 Å². The van der Waals surface area contributed by atoms with E-state index in [9.17, 15) is 9.18 Å². The maximum atomic E-state index is 14.0. The first-order chi connectivity index (χ1) is 13.7. The molecule has 4 rings (SSSR count). The second kappa shape index (κ2) is 8.06. The van der Waals surface area contributed by atoms with Crippen molar-refractivity contribution in [2.75, 3.05) is 38.2 Å². The van der Waals surface area contributed by atoms with Crippen molar-refractivity contribution in [2.24, 2.45) is 4.99 Å². The first-order valence-electron chi connectivity index (χ1n) is 9.06. The van der Waals surface area contributed by atoms with Crippen molar-refractivity contribution < 1.29 is 13.9 Å². The predicted molar refractivity (Wildman–Crippen MR) is 111 cm³/mol. The highest BCUT2D eigenvalue weighted by atomic mass is 32.2. The van der Waals surface area contributed by atoms with Gasteiger partial charge in [-0.15, -0.1) is 0 Å². The number of carbonyl (C=O) groups excluding carboxylic acids is 1. The van der Waals surface area contributed by atoms with E-state index in [1.54, 1.807) is 19.2 Å². The summed E-state index contributed by atoms with van der Waals surface area (Å²) in [5.74, 6) is 0.276. The Kier molecular flexibility index (Phi) is 5.34. The number of anilines is 1. The molecule has 1 fully saturated rings. The quantitative estimate of drug-likeness (QED) is 0.740. The van der Waals surface area contributed by atoms with Gasteiger partial charge in [-0.3, -0.25) is 4.79 Å². The Morgan fingerprint density at radius 1 is 1.04 bits per heavy atom. The highest BCUT2D eigenvalue weighted by molar-refractivity contribution is 8.18. The fourth-order valence-electron chi connectivity index (χ4n) is 3.31. The van der Waals surface area contributed by atoms with Gasteiger partial charge in [-0.25, -0.2) is 4.39 Å². The number of thioether (sulfide) groups is 1. The van der Waals surface area contributed by atoms with E-state index in [4.69, 9.17) is 4.74 Å². The number of methoxy groups -OCH3 is 1. The third kappa shape index (κ3) is 3.75. The maximum Gasteiger partial charge on any atom is 0.286 e. The van der Waals surface area contributed by atoms with E-state index in [1.807, 2.05) is 41.3 Å². The summed E-state index contributed by atoms with van der Waals surface area (Å²) in [6, 6.07) is 14.4. The van der Waals surface area contributed by atoms with Crippen LogP contribution in [0.1, 0.15) is 5.56 Å². The summed E-state index contributed by atoms with van der Waals surface area (Å²) in [4.78, 5) is 21.3. The van der Waals surface area contributed by atoms with Gasteiger partial charge in [0, 0.05) is 31.7 Å². The second-order valence-electron chi connectivity index (χ2n) is 6.48. The van der Waals surface area contributed by atoms with E-state index in [0.29, 0.717) is 41.9 Å². The molecule has 2 aromatic rings. The summed E-state index contributed by atoms with van der Waals surface area (Å²) in [5, 5.41) is 0.708. The highest BCUT2D eigenvalue weighted by Gasteiger charge is 2.29. The molecule has 0 aliphatic carbocycles. The molecule has 0 bridgehead atoms. The number of carbonyl (C=O) groups is 1. The zero-order valence-electron chi connectivity index (χ0n) is 15.5. The van der Waals surface area contributed by atoms with Crippen LogP contribution >= 0.6 is 11.8 Å². The summed E-state index contributed by atoms with van der Waals surface area (Å²) in [7, 11) is 1.61. The van der Waals surface area contributed by atoms with Crippen LogP contribution in [0.2, 0.25) is 0 Å². The molecule has 0 radical (unpaired) electrons. The van der Waals surface area contributed by atoms with Crippen LogP contribution in [0.15, 0.2) is 58.4 Å². The molecule has 1 saturated heterocycles. The minimum atomic E-state index is -0.234. The Balaban J connectivity index is 1.43. The topological polar surface area (TPSA) is 45.1 Å². The van der Waals surface area contributed by atoms with Crippen LogP contribution in [0.4, 0.5) is 10.1 Å². The lowest BCUT2D eigenvalue weighted by molar-refractivity contribution is -0.113. The number of para-hydroxylation sites is 2. The number of hydrogen-bond acceptors (Lipinski definition) is 5. The van der Waals surface area contributed by atoms with E-state index in [0.717, 1.165) is 11.3 Å². The van der Waals surface area contributed by atoms with Gasteiger partial charge in [-0.1, -0.05) is 30.3 Å². The van der Waals surface area contributed by atoms with Gasteiger partial charge in [0.2, 0.25) is 0 Å². The van der Waals surface area contributed by atoms with E-state index >= 15 is 0 Å².